The number of carbonyl (C=O) groups is 1. The molecule has 0 aliphatic carbocycles. The summed E-state index contributed by atoms with van der Waals surface area (Å²) in [5.41, 5.74) is 1.74. The number of aromatic nitrogens is 1. The van der Waals surface area contributed by atoms with Gasteiger partial charge in [-0.2, -0.15) is 0 Å². The van der Waals surface area contributed by atoms with Crippen LogP contribution in [0.5, 0.6) is 5.75 Å². The molecule has 3 aromatic rings. The van der Waals surface area contributed by atoms with E-state index in [1.165, 1.54) is 0 Å². The van der Waals surface area contributed by atoms with E-state index in [4.69, 9.17) is 18.4 Å². The Hall–Kier alpha value is -3.06. The molecule has 1 fully saturated rings. The van der Waals surface area contributed by atoms with Gasteiger partial charge in [0.15, 0.2) is 5.76 Å². The van der Waals surface area contributed by atoms with Crippen LogP contribution in [0, 0.1) is 12.8 Å². The van der Waals surface area contributed by atoms with E-state index in [1.807, 2.05) is 43.3 Å². The number of hydrogen-bond acceptors (Lipinski definition) is 6. The summed E-state index contributed by atoms with van der Waals surface area (Å²) in [6, 6.07) is 13.0. The Morgan fingerprint density at radius 2 is 1.97 bits per heavy atom. The van der Waals surface area contributed by atoms with Gasteiger partial charge in [0.05, 0.1) is 18.9 Å². The number of benzene rings is 1. The summed E-state index contributed by atoms with van der Waals surface area (Å²) in [6.45, 7) is 2.99. The van der Waals surface area contributed by atoms with E-state index >= 15 is 0 Å². The van der Waals surface area contributed by atoms with Gasteiger partial charge in [-0.3, -0.25) is 4.79 Å². The monoisotopic (exact) mass is 396 g/mol. The Morgan fingerprint density at radius 1 is 1.17 bits per heavy atom. The molecule has 0 bridgehead atoms. The van der Waals surface area contributed by atoms with Crippen LogP contribution in [0.15, 0.2) is 51.4 Å². The highest BCUT2D eigenvalue weighted by Crippen LogP contribution is 2.28. The van der Waals surface area contributed by atoms with E-state index < -0.39 is 0 Å². The Morgan fingerprint density at radius 3 is 2.62 bits per heavy atom. The molecule has 3 heterocycles. The number of carbonyl (C=O) groups excluding carboxylic acids is 1. The lowest BCUT2D eigenvalue weighted by molar-refractivity contribution is 0.0654. The maximum Gasteiger partial charge on any atom is 0.289 e. The molecule has 1 aliphatic heterocycles. The van der Waals surface area contributed by atoms with Gasteiger partial charge in [0, 0.05) is 44.2 Å². The Balaban J connectivity index is 1.45. The number of methoxy groups -OCH3 is 2. The SMILES string of the molecule is COc1ccc(-c2ccc(C(=O)N3C[C@@H](Cc4cc(C)no4)[C@@H](OC)C3)o2)cc1. The molecule has 1 saturated heterocycles. The first-order valence-electron chi connectivity index (χ1n) is 9.56. The maximum absolute atomic E-state index is 13.0. The van der Waals surface area contributed by atoms with Gasteiger partial charge in [-0.1, -0.05) is 5.16 Å². The lowest BCUT2D eigenvalue weighted by atomic mass is 10.0. The quantitative estimate of drug-likeness (QED) is 0.634. The highest BCUT2D eigenvalue weighted by Gasteiger charge is 2.37. The molecule has 0 radical (unpaired) electrons. The van der Waals surface area contributed by atoms with E-state index in [0.717, 1.165) is 22.8 Å². The van der Waals surface area contributed by atoms with Gasteiger partial charge < -0.3 is 23.3 Å². The van der Waals surface area contributed by atoms with Crippen molar-refractivity contribution in [3.05, 3.63) is 59.7 Å². The van der Waals surface area contributed by atoms with E-state index in [2.05, 4.69) is 5.16 Å². The lowest BCUT2D eigenvalue weighted by Gasteiger charge is -2.14. The molecule has 7 nitrogen and oxygen atoms in total. The van der Waals surface area contributed by atoms with Crippen molar-refractivity contribution < 1.29 is 23.2 Å². The zero-order valence-electron chi connectivity index (χ0n) is 16.8. The third-order valence-electron chi connectivity index (χ3n) is 5.30. The second-order valence-corrected chi connectivity index (χ2v) is 7.28. The van der Waals surface area contributed by atoms with E-state index in [1.54, 1.807) is 25.2 Å². The topological polar surface area (TPSA) is 77.9 Å². The van der Waals surface area contributed by atoms with Crippen molar-refractivity contribution in [3.63, 3.8) is 0 Å². The molecular formula is C22H24N2O5. The summed E-state index contributed by atoms with van der Waals surface area (Å²) in [6.07, 6.45) is 0.624. The normalized spacial score (nSPS) is 18.9. The highest BCUT2D eigenvalue weighted by atomic mass is 16.5. The summed E-state index contributed by atoms with van der Waals surface area (Å²) in [4.78, 5) is 14.8. The number of aryl methyl sites for hydroxylation is 1. The summed E-state index contributed by atoms with van der Waals surface area (Å²) < 4.78 is 22.0. The molecule has 152 valence electrons. The average Bonchev–Trinajstić information content (AvgIpc) is 3.48. The van der Waals surface area contributed by atoms with Crippen LogP contribution < -0.4 is 4.74 Å². The fourth-order valence-electron chi connectivity index (χ4n) is 3.76. The minimum absolute atomic E-state index is 0.0552. The number of amides is 1. The van der Waals surface area contributed by atoms with Crippen LogP contribution in [0.25, 0.3) is 11.3 Å². The third-order valence-corrected chi connectivity index (χ3v) is 5.30. The highest BCUT2D eigenvalue weighted by molar-refractivity contribution is 5.92. The predicted octanol–water partition coefficient (Wildman–Crippen LogP) is 3.58. The Bertz CT molecular complexity index is 975. The average molecular weight is 396 g/mol. The fraction of sp³-hybridized carbons (Fsp3) is 0.364. The first kappa shape index (κ1) is 19.3. The van der Waals surface area contributed by atoms with Crippen molar-refractivity contribution in [2.45, 2.75) is 19.4 Å². The maximum atomic E-state index is 13.0. The zero-order valence-corrected chi connectivity index (χ0v) is 16.8. The van der Waals surface area contributed by atoms with Crippen molar-refractivity contribution in [2.75, 3.05) is 27.3 Å². The van der Waals surface area contributed by atoms with Gasteiger partial charge in [0.1, 0.15) is 17.3 Å². The van der Waals surface area contributed by atoms with Crippen molar-refractivity contribution in [1.29, 1.82) is 0 Å². The number of hydrogen-bond donors (Lipinski definition) is 0. The number of likely N-dealkylation sites (tertiary alicyclic amines) is 1. The van der Waals surface area contributed by atoms with Crippen molar-refractivity contribution in [2.24, 2.45) is 5.92 Å². The minimum atomic E-state index is -0.136. The van der Waals surface area contributed by atoms with Gasteiger partial charge in [0.2, 0.25) is 0 Å². The number of ether oxygens (including phenoxy) is 2. The van der Waals surface area contributed by atoms with Gasteiger partial charge in [-0.25, -0.2) is 0 Å². The Kier molecular flexibility index (Phi) is 5.40. The van der Waals surface area contributed by atoms with E-state index in [-0.39, 0.29) is 17.9 Å². The third kappa shape index (κ3) is 4.05. The van der Waals surface area contributed by atoms with Gasteiger partial charge in [-0.15, -0.1) is 0 Å². The van der Waals surface area contributed by atoms with Crippen LogP contribution in [0.2, 0.25) is 0 Å². The second-order valence-electron chi connectivity index (χ2n) is 7.28. The second kappa shape index (κ2) is 8.13. The van der Waals surface area contributed by atoms with Crippen LogP contribution in [0.3, 0.4) is 0 Å². The van der Waals surface area contributed by atoms with E-state index in [9.17, 15) is 4.79 Å². The number of furan rings is 1. The molecule has 0 unspecified atom stereocenters. The Labute approximate surface area is 169 Å². The van der Waals surface area contributed by atoms with Gasteiger partial charge in [-0.05, 0) is 43.3 Å². The van der Waals surface area contributed by atoms with Gasteiger partial charge in [0.25, 0.3) is 5.91 Å². The summed E-state index contributed by atoms with van der Waals surface area (Å²) in [5.74, 6) is 2.56. The first-order valence-corrected chi connectivity index (χ1v) is 9.56. The predicted molar refractivity (Wildman–Crippen MR) is 106 cm³/mol. The van der Waals surface area contributed by atoms with Crippen LogP contribution >= 0.6 is 0 Å². The molecule has 1 aliphatic rings. The molecule has 1 aromatic carbocycles. The molecule has 2 atom stereocenters. The fourth-order valence-corrected chi connectivity index (χ4v) is 3.76. The molecular weight excluding hydrogens is 372 g/mol. The summed E-state index contributed by atoms with van der Waals surface area (Å²) in [7, 11) is 3.30. The molecule has 0 N–H and O–H groups in total. The molecule has 7 heteroatoms. The van der Waals surface area contributed by atoms with E-state index in [0.29, 0.717) is 31.0 Å². The standard InChI is InChI=1S/C22H24N2O5/c1-14-10-18(29-23-14)11-16-12-24(13-21(16)27-3)22(25)20-9-8-19(28-20)15-4-6-17(26-2)7-5-15/h4-10,16,21H,11-13H2,1-3H3/t16-,21+/m1/s1. The summed E-state index contributed by atoms with van der Waals surface area (Å²) in [5, 5.41) is 3.93. The smallest absolute Gasteiger partial charge is 0.289 e. The molecule has 29 heavy (non-hydrogen) atoms. The first-order chi connectivity index (χ1) is 14.1. The van der Waals surface area contributed by atoms with Crippen molar-refractivity contribution >= 4 is 5.91 Å². The molecule has 4 rings (SSSR count). The zero-order chi connectivity index (χ0) is 20.4. The van der Waals surface area contributed by atoms with Crippen LogP contribution in [-0.4, -0.2) is 49.4 Å². The summed E-state index contributed by atoms with van der Waals surface area (Å²) >= 11 is 0. The van der Waals surface area contributed by atoms with Gasteiger partial charge >= 0.3 is 0 Å². The molecule has 0 saturated carbocycles. The molecule has 0 spiro atoms. The molecule has 2 aromatic heterocycles. The number of nitrogens with zero attached hydrogens (tertiary/aromatic N) is 2. The lowest BCUT2D eigenvalue weighted by Crippen LogP contribution is -2.29. The minimum Gasteiger partial charge on any atom is -0.497 e. The van der Waals surface area contributed by atoms with Crippen molar-refractivity contribution in [1.82, 2.24) is 10.1 Å². The largest absolute Gasteiger partial charge is 0.497 e. The van der Waals surface area contributed by atoms with Crippen LogP contribution in [0.4, 0.5) is 0 Å². The molecule has 1 amide bonds. The van der Waals surface area contributed by atoms with Crippen LogP contribution in [-0.2, 0) is 11.2 Å². The van der Waals surface area contributed by atoms with Crippen LogP contribution in [0.1, 0.15) is 22.0 Å². The number of rotatable bonds is 6. The van der Waals surface area contributed by atoms with Crippen molar-refractivity contribution in [3.8, 4) is 17.1 Å².